The van der Waals surface area contributed by atoms with Crippen molar-refractivity contribution in [2.45, 2.75) is 13.0 Å². The summed E-state index contributed by atoms with van der Waals surface area (Å²) < 4.78 is 11.4. The molecule has 2 aromatic carbocycles. The molecule has 0 bridgehead atoms. The van der Waals surface area contributed by atoms with E-state index in [4.69, 9.17) is 9.47 Å². The maximum absolute atomic E-state index is 6.04. The number of hydrogen-bond acceptors (Lipinski definition) is 3. The minimum Gasteiger partial charge on any atom is -0.489 e. The average molecular weight is 271 g/mol. The zero-order valence-electron chi connectivity index (χ0n) is 11.9. The zero-order chi connectivity index (χ0) is 13.8. The van der Waals surface area contributed by atoms with Gasteiger partial charge in [0.25, 0.3) is 0 Å². The van der Waals surface area contributed by atoms with E-state index < -0.39 is 0 Å². The highest BCUT2D eigenvalue weighted by Crippen LogP contribution is 2.21. The number of hydrogen-bond donors (Lipinski definition) is 0. The zero-order valence-corrected chi connectivity index (χ0v) is 11.9. The van der Waals surface area contributed by atoms with Gasteiger partial charge in [-0.3, -0.25) is 4.90 Å². The molecule has 106 valence electrons. The van der Waals surface area contributed by atoms with Gasteiger partial charge in [0.05, 0.1) is 13.2 Å². The standard InChI is InChI=1S/C17H21NO2/c1-14(13-18-8-10-19-11-9-18)20-17-7-6-15-4-2-3-5-16(15)12-17/h2-7,12,14H,8-11,13H2,1H3/t14-/m1/s1. The van der Waals surface area contributed by atoms with Crippen LogP contribution in [0.4, 0.5) is 0 Å². The van der Waals surface area contributed by atoms with Crippen molar-refractivity contribution in [3.05, 3.63) is 42.5 Å². The van der Waals surface area contributed by atoms with Crippen molar-refractivity contribution in [2.24, 2.45) is 0 Å². The van der Waals surface area contributed by atoms with Crippen LogP contribution >= 0.6 is 0 Å². The number of benzene rings is 2. The van der Waals surface area contributed by atoms with Gasteiger partial charge in [0.15, 0.2) is 0 Å². The third-order valence-electron chi connectivity index (χ3n) is 3.68. The van der Waals surface area contributed by atoms with Gasteiger partial charge in [0.2, 0.25) is 0 Å². The van der Waals surface area contributed by atoms with E-state index >= 15 is 0 Å². The van der Waals surface area contributed by atoms with Crippen molar-refractivity contribution in [1.82, 2.24) is 4.90 Å². The minimum atomic E-state index is 0.189. The number of morpholine rings is 1. The van der Waals surface area contributed by atoms with Crippen LogP contribution in [-0.4, -0.2) is 43.9 Å². The van der Waals surface area contributed by atoms with Crippen molar-refractivity contribution in [3.8, 4) is 5.75 Å². The van der Waals surface area contributed by atoms with Crippen molar-refractivity contribution < 1.29 is 9.47 Å². The van der Waals surface area contributed by atoms with E-state index in [2.05, 4.69) is 54.3 Å². The molecular weight excluding hydrogens is 250 g/mol. The molecule has 1 aliphatic heterocycles. The second-order valence-corrected chi connectivity index (χ2v) is 5.35. The molecule has 20 heavy (non-hydrogen) atoms. The lowest BCUT2D eigenvalue weighted by atomic mass is 10.1. The molecule has 0 aliphatic carbocycles. The number of nitrogens with zero attached hydrogens (tertiary/aromatic N) is 1. The van der Waals surface area contributed by atoms with Crippen LogP contribution in [0.15, 0.2) is 42.5 Å². The lowest BCUT2D eigenvalue weighted by Crippen LogP contribution is -2.41. The van der Waals surface area contributed by atoms with Gasteiger partial charge in [-0.15, -0.1) is 0 Å². The summed E-state index contributed by atoms with van der Waals surface area (Å²) >= 11 is 0. The van der Waals surface area contributed by atoms with Gasteiger partial charge in [-0.25, -0.2) is 0 Å². The van der Waals surface area contributed by atoms with E-state index in [0.717, 1.165) is 38.6 Å². The summed E-state index contributed by atoms with van der Waals surface area (Å²) in [6.07, 6.45) is 0.189. The van der Waals surface area contributed by atoms with E-state index in [1.807, 2.05) is 0 Å². The first-order valence-electron chi connectivity index (χ1n) is 7.27. The van der Waals surface area contributed by atoms with Crippen molar-refractivity contribution in [2.75, 3.05) is 32.8 Å². The van der Waals surface area contributed by atoms with E-state index in [1.54, 1.807) is 0 Å². The highest BCUT2D eigenvalue weighted by molar-refractivity contribution is 5.83. The van der Waals surface area contributed by atoms with Crippen LogP contribution in [0.2, 0.25) is 0 Å². The lowest BCUT2D eigenvalue weighted by Gasteiger charge is -2.29. The molecule has 1 aliphatic rings. The predicted molar refractivity (Wildman–Crippen MR) is 81.3 cm³/mol. The van der Waals surface area contributed by atoms with Crippen LogP contribution in [0.1, 0.15) is 6.92 Å². The first-order chi connectivity index (χ1) is 9.81. The fourth-order valence-corrected chi connectivity index (χ4v) is 2.66. The topological polar surface area (TPSA) is 21.7 Å². The van der Waals surface area contributed by atoms with Crippen molar-refractivity contribution in [1.29, 1.82) is 0 Å². The van der Waals surface area contributed by atoms with Crippen molar-refractivity contribution in [3.63, 3.8) is 0 Å². The Morgan fingerprint density at radius 2 is 1.85 bits per heavy atom. The fourth-order valence-electron chi connectivity index (χ4n) is 2.66. The van der Waals surface area contributed by atoms with Gasteiger partial charge in [0.1, 0.15) is 11.9 Å². The first-order valence-corrected chi connectivity index (χ1v) is 7.27. The molecule has 1 fully saturated rings. The maximum atomic E-state index is 6.04. The Bertz CT molecular complexity index is 564. The fraction of sp³-hybridized carbons (Fsp3) is 0.412. The predicted octanol–water partition coefficient (Wildman–Crippen LogP) is 2.94. The summed E-state index contributed by atoms with van der Waals surface area (Å²) in [4.78, 5) is 2.40. The van der Waals surface area contributed by atoms with Gasteiger partial charge < -0.3 is 9.47 Å². The molecule has 3 rings (SSSR count). The third kappa shape index (κ3) is 3.30. The van der Waals surface area contributed by atoms with Crippen LogP contribution < -0.4 is 4.74 Å². The Labute approximate surface area is 120 Å². The minimum absolute atomic E-state index is 0.189. The molecule has 1 saturated heterocycles. The summed E-state index contributed by atoms with van der Waals surface area (Å²) in [7, 11) is 0. The van der Waals surface area contributed by atoms with Gasteiger partial charge in [-0.05, 0) is 29.8 Å². The molecule has 1 heterocycles. The largest absolute Gasteiger partial charge is 0.489 e. The summed E-state index contributed by atoms with van der Waals surface area (Å²) in [6.45, 7) is 6.77. The van der Waals surface area contributed by atoms with Crippen molar-refractivity contribution >= 4 is 10.8 Å². The Hall–Kier alpha value is -1.58. The summed E-state index contributed by atoms with van der Waals surface area (Å²) in [5.41, 5.74) is 0. The molecule has 0 radical (unpaired) electrons. The maximum Gasteiger partial charge on any atom is 0.120 e. The van der Waals surface area contributed by atoms with Crippen LogP contribution in [0.3, 0.4) is 0 Å². The van der Waals surface area contributed by atoms with E-state index in [9.17, 15) is 0 Å². The van der Waals surface area contributed by atoms with E-state index in [0.29, 0.717) is 0 Å². The quantitative estimate of drug-likeness (QED) is 0.853. The van der Waals surface area contributed by atoms with E-state index in [-0.39, 0.29) is 6.10 Å². The Morgan fingerprint density at radius 3 is 2.65 bits per heavy atom. The number of fused-ring (bicyclic) bond motifs is 1. The molecule has 1 atom stereocenters. The normalized spacial score (nSPS) is 18.1. The Morgan fingerprint density at radius 1 is 1.10 bits per heavy atom. The molecule has 2 aromatic rings. The second kappa shape index (κ2) is 6.25. The smallest absolute Gasteiger partial charge is 0.120 e. The summed E-state index contributed by atoms with van der Waals surface area (Å²) in [6, 6.07) is 14.6. The number of rotatable bonds is 4. The van der Waals surface area contributed by atoms with Crippen LogP contribution in [0.5, 0.6) is 5.75 Å². The highest BCUT2D eigenvalue weighted by Gasteiger charge is 2.14. The molecule has 0 N–H and O–H groups in total. The highest BCUT2D eigenvalue weighted by atomic mass is 16.5. The molecule has 0 aromatic heterocycles. The van der Waals surface area contributed by atoms with Gasteiger partial charge in [-0.1, -0.05) is 30.3 Å². The average Bonchev–Trinajstić information content (AvgIpc) is 2.48. The lowest BCUT2D eigenvalue weighted by molar-refractivity contribution is 0.0219. The summed E-state index contributed by atoms with van der Waals surface area (Å²) in [5.74, 6) is 0.949. The van der Waals surface area contributed by atoms with Gasteiger partial charge in [0, 0.05) is 19.6 Å². The van der Waals surface area contributed by atoms with Gasteiger partial charge >= 0.3 is 0 Å². The molecule has 3 heteroatoms. The monoisotopic (exact) mass is 271 g/mol. The molecular formula is C17H21NO2. The molecule has 0 unspecified atom stereocenters. The molecule has 0 spiro atoms. The van der Waals surface area contributed by atoms with Crippen LogP contribution in [0.25, 0.3) is 10.8 Å². The number of ether oxygens (including phenoxy) is 2. The second-order valence-electron chi connectivity index (χ2n) is 5.35. The van der Waals surface area contributed by atoms with Crippen LogP contribution in [-0.2, 0) is 4.74 Å². The molecule has 3 nitrogen and oxygen atoms in total. The van der Waals surface area contributed by atoms with Gasteiger partial charge in [-0.2, -0.15) is 0 Å². The Kier molecular flexibility index (Phi) is 4.19. The van der Waals surface area contributed by atoms with Crippen LogP contribution in [0, 0.1) is 0 Å². The summed E-state index contributed by atoms with van der Waals surface area (Å²) in [5, 5.41) is 2.48. The third-order valence-corrected chi connectivity index (χ3v) is 3.68. The molecule has 0 saturated carbocycles. The Balaban J connectivity index is 1.62. The molecule has 0 amide bonds. The van der Waals surface area contributed by atoms with E-state index in [1.165, 1.54) is 10.8 Å². The first kappa shape index (κ1) is 13.4. The SMILES string of the molecule is C[C@H](CN1CCOCC1)Oc1ccc2ccccc2c1.